The fraction of sp³-hybridized carbons (Fsp3) is 0. The molecule has 4 heterocycles. The molecule has 0 spiro atoms. The van der Waals surface area contributed by atoms with E-state index in [1.807, 2.05) is 0 Å². The first-order valence-electron chi connectivity index (χ1n) is 30.4. The molecule has 0 aliphatic carbocycles. The Balaban J connectivity index is 0.704. The average molecular weight is 1120 g/mol. The molecule has 0 aliphatic rings. The Morgan fingerprint density at radius 1 is 0.136 bits per heavy atom. The highest BCUT2D eigenvalue weighted by Gasteiger charge is 2.23. The summed E-state index contributed by atoms with van der Waals surface area (Å²) in [7, 11) is 0. The maximum atomic E-state index is 2.48. The van der Waals surface area contributed by atoms with Crippen LogP contribution in [-0.2, 0) is 0 Å². The Kier molecular flexibility index (Phi) is 10.4. The van der Waals surface area contributed by atoms with E-state index in [2.05, 4.69) is 334 Å². The van der Waals surface area contributed by atoms with E-state index in [4.69, 9.17) is 0 Å². The number of hydrogen-bond donors (Lipinski definition) is 0. The van der Waals surface area contributed by atoms with E-state index in [0.717, 1.165) is 28.3 Å². The van der Waals surface area contributed by atoms with E-state index in [9.17, 15) is 0 Å². The summed E-state index contributed by atoms with van der Waals surface area (Å²) < 4.78 is 9.86. The van der Waals surface area contributed by atoms with Crippen molar-refractivity contribution < 1.29 is 0 Å². The first-order chi connectivity index (χ1) is 43.7. The van der Waals surface area contributed by atoms with Gasteiger partial charge in [0, 0.05) is 65.8 Å². The van der Waals surface area contributed by atoms with Crippen molar-refractivity contribution in [3.63, 3.8) is 0 Å². The van der Waals surface area contributed by atoms with Crippen LogP contribution in [0.15, 0.2) is 315 Å². The number of fused-ring (bicyclic) bond motifs is 19. The van der Waals surface area contributed by atoms with Gasteiger partial charge in [0.1, 0.15) is 0 Å². The third-order valence-corrected chi connectivity index (χ3v) is 18.9. The van der Waals surface area contributed by atoms with Crippen LogP contribution >= 0.6 is 0 Å². The van der Waals surface area contributed by atoms with Gasteiger partial charge >= 0.3 is 0 Å². The summed E-state index contributed by atoms with van der Waals surface area (Å²) in [5.74, 6) is 0. The van der Waals surface area contributed by atoms with Crippen molar-refractivity contribution in [3.05, 3.63) is 315 Å². The smallest absolute Gasteiger partial charge is 0.0562 e. The molecular weight excluding hydrogens is 1060 g/mol. The molecule has 4 aromatic heterocycles. The van der Waals surface area contributed by atoms with Gasteiger partial charge in [-0.1, -0.05) is 218 Å². The molecule has 15 aromatic carbocycles. The minimum absolute atomic E-state index is 1.12. The molecular formula is C84H52N4. The molecule has 19 aromatic rings. The first-order valence-corrected chi connectivity index (χ1v) is 30.4. The molecule has 0 aliphatic heterocycles. The zero-order valence-corrected chi connectivity index (χ0v) is 47.8. The number of hydrogen-bond acceptors (Lipinski definition) is 0. The minimum atomic E-state index is 1.12. The SMILES string of the molecule is c1ccc(-c2cccc(-n3c4ccccc4c4cc5c6ccccc6n(-c6cccc(-c7ccc(-c8cccc(-n9c%10ccccc%10c%10c%11c%12ccccc%12n(-c%12ccc%13c%14ccccc%14c%14ccccc%14c%13c%12)c%11ccc%109)c8)cc7)c6)c5cc43)c2)cc1. The Bertz CT molecular complexity index is 6070. The summed E-state index contributed by atoms with van der Waals surface area (Å²) in [5.41, 5.74) is 21.1. The van der Waals surface area contributed by atoms with E-state index in [1.165, 1.54) is 147 Å². The standard InChI is InChI=1S/C84H52N4/c1-2-19-53(20-3-1)56-21-16-25-60(47-56)87-75-35-12-8-31-68(75)73-51-74-69-32-9-13-36-76(69)88(82(74)52-81(73)87)61-26-18-23-58(49-61)55-41-39-54(40-42-55)57-22-17-24-59(48-57)85-77-37-14-10-33-70(77)83-79(85)45-46-80-84(83)71-34-11-15-38-78(71)86(80)62-43-44-67-65-29-5-4-27-63(65)64-28-6-7-30-66(64)72(67)50-62/h1-52H. The zero-order valence-electron chi connectivity index (χ0n) is 47.8. The number of para-hydroxylation sites is 4. The van der Waals surface area contributed by atoms with Crippen LogP contribution in [0.4, 0.5) is 0 Å². The second-order valence-electron chi connectivity index (χ2n) is 23.6. The molecule has 408 valence electrons. The van der Waals surface area contributed by atoms with E-state index < -0.39 is 0 Å². The van der Waals surface area contributed by atoms with Crippen molar-refractivity contribution >= 4 is 120 Å². The normalized spacial score (nSPS) is 12.1. The summed E-state index contributed by atoms with van der Waals surface area (Å²) in [6, 6.07) is 117. The number of benzene rings is 15. The van der Waals surface area contributed by atoms with Gasteiger partial charge in [-0.3, -0.25) is 0 Å². The lowest BCUT2D eigenvalue weighted by Crippen LogP contribution is -1.96. The molecule has 4 heteroatoms. The van der Waals surface area contributed by atoms with Gasteiger partial charge in [0.25, 0.3) is 0 Å². The van der Waals surface area contributed by atoms with Crippen LogP contribution in [0.5, 0.6) is 0 Å². The lowest BCUT2D eigenvalue weighted by molar-refractivity contribution is 1.16. The van der Waals surface area contributed by atoms with Crippen molar-refractivity contribution in [3.8, 4) is 56.1 Å². The van der Waals surface area contributed by atoms with E-state index in [0.29, 0.717) is 0 Å². The topological polar surface area (TPSA) is 19.7 Å². The van der Waals surface area contributed by atoms with Crippen molar-refractivity contribution in [2.45, 2.75) is 0 Å². The lowest BCUT2D eigenvalue weighted by Gasteiger charge is -2.14. The molecule has 19 rings (SSSR count). The quantitative estimate of drug-likeness (QED) is 0.142. The van der Waals surface area contributed by atoms with Crippen molar-refractivity contribution in [1.82, 2.24) is 18.3 Å². The Morgan fingerprint density at radius 2 is 0.455 bits per heavy atom. The van der Waals surface area contributed by atoms with Crippen LogP contribution in [0.1, 0.15) is 0 Å². The fourth-order valence-corrected chi connectivity index (χ4v) is 15.1. The maximum absolute atomic E-state index is 2.48. The first kappa shape index (κ1) is 48.6. The fourth-order valence-electron chi connectivity index (χ4n) is 15.1. The Morgan fingerprint density at radius 3 is 0.898 bits per heavy atom. The highest BCUT2D eigenvalue weighted by Crippen LogP contribution is 2.46. The number of aromatic nitrogens is 4. The molecule has 0 N–H and O–H groups in total. The molecule has 0 amide bonds. The second kappa shape index (κ2) is 18.9. The molecule has 4 nitrogen and oxygen atoms in total. The van der Waals surface area contributed by atoms with Gasteiger partial charge in [0.2, 0.25) is 0 Å². The molecule has 0 bridgehead atoms. The van der Waals surface area contributed by atoms with E-state index >= 15 is 0 Å². The average Bonchev–Trinajstić information content (AvgIpc) is 1.57. The predicted octanol–water partition coefficient (Wildman–Crippen LogP) is 22.5. The lowest BCUT2D eigenvalue weighted by atomic mass is 9.94. The molecule has 88 heavy (non-hydrogen) atoms. The third kappa shape index (κ3) is 7.14. The Labute approximate surface area is 506 Å². The second-order valence-corrected chi connectivity index (χ2v) is 23.6. The highest BCUT2D eigenvalue weighted by atomic mass is 15.0. The van der Waals surface area contributed by atoms with Gasteiger partial charge in [0.15, 0.2) is 0 Å². The van der Waals surface area contributed by atoms with Gasteiger partial charge in [-0.05, 0) is 163 Å². The van der Waals surface area contributed by atoms with Crippen LogP contribution in [0.2, 0.25) is 0 Å². The van der Waals surface area contributed by atoms with E-state index in [-0.39, 0.29) is 0 Å². The van der Waals surface area contributed by atoms with Crippen LogP contribution in [-0.4, -0.2) is 18.3 Å². The third-order valence-electron chi connectivity index (χ3n) is 18.9. The van der Waals surface area contributed by atoms with Crippen molar-refractivity contribution in [1.29, 1.82) is 0 Å². The largest absolute Gasteiger partial charge is 0.309 e. The Hall–Kier alpha value is -11.7. The van der Waals surface area contributed by atoms with Gasteiger partial charge in [-0.15, -0.1) is 0 Å². The summed E-state index contributed by atoms with van der Waals surface area (Å²) in [5, 5.41) is 17.6. The summed E-state index contributed by atoms with van der Waals surface area (Å²) in [6.45, 7) is 0. The van der Waals surface area contributed by atoms with Gasteiger partial charge in [-0.2, -0.15) is 0 Å². The van der Waals surface area contributed by atoms with Crippen molar-refractivity contribution in [2.24, 2.45) is 0 Å². The van der Waals surface area contributed by atoms with Crippen molar-refractivity contribution in [2.75, 3.05) is 0 Å². The zero-order chi connectivity index (χ0) is 57.6. The number of nitrogens with zero attached hydrogens (tertiary/aromatic N) is 4. The van der Waals surface area contributed by atoms with Crippen LogP contribution in [0, 0.1) is 0 Å². The van der Waals surface area contributed by atoms with Crippen LogP contribution in [0.3, 0.4) is 0 Å². The van der Waals surface area contributed by atoms with Crippen LogP contribution < -0.4 is 0 Å². The summed E-state index contributed by atoms with van der Waals surface area (Å²) >= 11 is 0. The highest BCUT2D eigenvalue weighted by molar-refractivity contribution is 6.30. The van der Waals surface area contributed by atoms with Gasteiger partial charge in [0.05, 0.1) is 44.1 Å². The van der Waals surface area contributed by atoms with Gasteiger partial charge < -0.3 is 18.3 Å². The summed E-state index contributed by atoms with van der Waals surface area (Å²) in [6.07, 6.45) is 0. The molecule has 0 unspecified atom stereocenters. The minimum Gasteiger partial charge on any atom is -0.309 e. The molecule has 0 fully saturated rings. The molecule has 0 saturated carbocycles. The van der Waals surface area contributed by atoms with Gasteiger partial charge in [-0.25, -0.2) is 0 Å². The van der Waals surface area contributed by atoms with E-state index in [1.54, 1.807) is 0 Å². The molecule has 0 radical (unpaired) electrons. The monoisotopic (exact) mass is 1120 g/mol. The molecule has 0 atom stereocenters. The predicted molar refractivity (Wildman–Crippen MR) is 373 cm³/mol. The summed E-state index contributed by atoms with van der Waals surface area (Å²) in [4.78, 5) is 0. The molecule has 0 saturated heterocycles. The van der Waals surface area contributed by atoms with Crippen LogP contribution in [0.25, 0.3) is 176 Å². The maximum Gasteiger partial charge on any atom is 0.0562 e. The number of rotatable bonds is 7.